The molecule has 0 fully saturated rings. The molecule has 0 saturated carbocycles. The Balaban J connectivity index is 1.67. The van der Waals surface area contributed by atoms with Gasteiger partial charge in [-0.1, -0.05) is 23.9 Å². The van der Waals surface area contributed by atoms with Crippen molar-refractivity contribution in [1.82, 2.24) is 14.8 Å². The van der Waals surface area contributed by atoms with Gasteiger partial charge in [0.05, 0.1) is 11.9 Å². The van der Waals surface area contributed by atoms with Gasteiger partial charge in [0.25, 0.3) is 0 Å². The molecule has 0 aliphatic rings. The predicted molar refractivity (Wildman–Crippen MR) is 122 cm³/mol. The second kappa shape index (κ2) is 10.1. The molecular weight excluding hydrogens is 414 g/mol. The van der Waals surface area contributed by atoms with Crippen LogP contribution in [-0.2, 0) is 16.6 Å². The van der Waals surface area contributed by atoms with Crippen molar-refractivity contribution in [2.45, 2.75) is 31.2 Å². The second-order valence-electron chi connectivity index (χ2n) is 6.83. The third-order valence-electron chi connectivity index (χ3n) is 4.36. The van der Waals surface area contributed by atoms with Gasteiger partial charge < -0.3 is 19.9 Å². The van der Waals surface area contributed by atoms with Crippen molar-refractivity contribution in [2.24, 2.45) is 7.05 Å². The molecule has 3 rings (SSSR count). The maximum atomic E-state index is 12.6. The molecule has 9 heteroatoms. The van der Waals surface area contributed by atoms with Crippen LogP contribution in [0.2, 0.25) is 0 Å². The molecular formula is C22H25N5O3S. The standard InChI is InChI=1S/C22H25N5O3S/c1-5-30-19-11-9-17(10-12-19)24-21(29)14(2)31-22-26-25-20(27(22)4)16-7-6-8-18(13-16)23-15(3)28/h6-14H,5H2,1-4H3,(H,23,28)(H,24,29)/t14-/m1/s1. The number of rotatable bonds is 8. The Morgan fingerprint density at radius 3 is 2.52 bits per heavy atom. The fourth-order valence-electron chi connectivity index (χ4n) is 2.86. The Kier molecular flexibility index (Phi) is 7.30. The summed E-state index contributed by atoms with van der Waals surface area (Å²) in [5, 5.41) is 14.4. The number of nitrogens with one attached hydrogen (secondary N) is 2. The zero-order valence-corrected chi connectivity index (χ0v) is 18.7. The summed E-state index contributed by atoms with van der Waals surface area (Å²) in [4.78, 5) is 23.9. The minimum atomic E-state index is -0.381. The summed E-state index contributed by atoms with van der Waals surface area (Å²) in [7, 11) is 1.85. The van der Waals surface area contributed by atoms with Gasteiger partial charge >= 0.3 is 0 Å². The van der Waals surface area contributed by atoms with Gasteiger partial charge in [-0.25, -0.2) is 0 Å². The van der Waals surface area contributed by atoms with Gasteiger partial charge in [0.15, 0.2) is 11.0 Å². The van der Waals surface area contributed by atoms with Gasteiger partial charge in [-0.3, -0.25) is 9.59 Å². The zero-order chi connectivity index (χ0) is 22.4. The number of carbonyl (C=O) groups is 2. The lowest BCUT2D eigenvalue weighted by atomic mass is 10.2. The molecule has 2 aromatic carbocycles. The largest absolute Gasteiger partial charge is 0.494 e. The molecule has 0 spiro atoms. The van der Waals surface area contributed by atoms with Crippen molar-refractivity contribution in [2.75, 3.05) is 17.2 Å². The summed E-state index contributed by atoms with van der Waals surface area (Å²) in [6.45, 7) is 5.80. The SMILES string of the molecule is CCOc1ccc(NC(=O)[C@@H](C)Sc2nnc(-c3cccc(NC(C)=O)c3)n2C)cc1. The van der Waals surface area contributed by atoms with E-state index in [1.165, 1.54) is 18.7 Å². The van der Waals surface area contributed by atoms with Crippen LogP contribution in [0.4, 0.5) is 11.4 Å². The maximum Gasteiger partial charge on any atom is 0.237 e. The van der Waals surface area contributed by atoms with Crippen molar-refractivity contribution in [3.63, 3.8) is 0 Å². The highest BCUT2D eigenvalue weighted by molar-refractivity contribution is 8.00. The van der Waals surface area contributed by atoms with E-state index in [1.54, 1.807) is 0 Å². The molecule has 0 bridgehead atoms. The lowest BCUT2D eigenvalue weighted by Gasteiger charge is -2.12. The van der Waals surface area contributed by atoms with Crippen LogP contribution in [0.3, 0.4) is 0 Å². The Bertz CT molecular complexity index is 1070. The number of benzene rings is 2. The van der Waals surface area contributed by atoms with E-state index in [0.29, 0.717) is 29.0 Å². The van der Waals surface area contributed by atoms with Crippen LogP contribution >= 0.6 is 11.8 Å². The van der Waals surface area contributed by atoms with Crippen LogP contribution in [0.5, 0.6) is 5.75 Å². The van der Waals surface area contributed by atoms with E-state index in [2.05, 4.69) is 20.8 Å². The lowest BCUT2D eigenvalue weighted by Crippen LogP contribution is -2.22. The Hall–Kier alpha value is -3.33. The quantitative estimate of drug-likeness (QED) is 0.516. The van der Waals surface area contributed by atoms with Crippen molar-refractivity contribution < 1.29 is 14.3 Å². The molecule has 162 valence electrons. The maximum absolute atomic E-state index is 12.6. The molecule has 1 heterocycles. The lowest BCUT2D eigenvalue weighted by molar-refractivity contribution is -0.115. The number of carbonyl (C=O) groups excluding carboxylic acids is 2. The van der Waals surface area contributed by atoms with Gasteiger partial charge in [-0.05, 0) is 50.2 Å². The van der Waals surface area contributed by atoms with Gasteiger partial charge in [0, 0.05) is 30.9 Å². The molecule has 1 aromatic heterocycles. The average molecular weight is 440 g/mol. The summed E-state index contributed by atoms with van der Waals surface area (Å²) in [5.41, 5.74) is 2.21. The number of aromatic nitrogens is 3. The molecule has 31 heavy (non-hydrogen) atoms. The van der Waals surface area contributed by atoms with Crippen molar-refractivity contribution >= 4 is 35.0 Å². The van der Waals surface area contributed by atoms with Crippen molar-refractivity contribution in [1.29, 1.82) is 0 Å². The molecule has 0 radical (unpaired) electrons. The van der Waals surface area contributed by atoms with Gasteiger partial charge in [-0.2, -0.15) is 0 Å². The second-order valence-corrected chi connectivity index (χ2v) is 8.14. The zero-order valence-electron chi connectivity index (χ0n) is 17.9. The Morgan fingerprint density at radius 1 is 1.10 bits per heavy atom. The molecule has 1 atom stereocenters. The molecule has 8 nitrogen and oxygen atoms in total. The van der Waals surface area contributed by atoms with Crippen LogP contribution in [-0.4, -0.2) is 38.4 Å². The Morgan fingerprint density at radius 2 is 1.84 bits per heavy atom. The molecule has 0 aliphatic carbocycles. The number of ether oxygens (including phenoxy) is 1. The van der Waals surface area contributed by atoms with Crippen molar-refractivity contribution in [3.8, 4) is 17.1 Å². The van der Waals surface area contributed by atoms with Crippen LogP contribution in [0.15, 0.2) is 53.7 Å². The van der Waals surface area contributed by atoms with Crippen molar-refractivity contribution in [3.05, 3.63) is 48.5 Å². The van der Waals surface area contributed by atoms with E-state index >= 15 is 0 Å². The fraction of sp³-hybridized carbons (Fsp3) is 0.273. The number of anilines is 2. The molecule has 2 N–H and O–H groups in total. The first-order chi connectivity index (χ1) is 14.9. The number of nitrogens with zero attached hydrogens (tertiary/aromatic N) is 3. The van der Waals surface area contributed by atoms with Gasteiger partial charge in [0.2, 0.25) is 11.8 Å². The van der Waals surface area contributed by atoms with Crippen LogP contribution in [0, 0.1) is 0 Å². The number of thioether (sulfide) groups is 1. The van der Waals surface area contributed by atoms with Crippen LogP contribution in [0.1, 0.15) is 20.8 Å². The van der Waals surface area contributed by atoms with E-state index in [0.717, 1.165) is 11.3 Å². The first-order valence-corrected chi connectivity index (χ1v) is 10.7. The minimum Gasteiger partial charge on any atom is -0.494 e. The molecule has 2 amide bonds. The summed E-state index contributed by atoms with van der Waals surface area (Å²) in [6.07, 6.45) is 0. The number of amides is 2. The molecule has 0 aliphatic heterocycles. The van der Waals surface area contributed by atoms with E-state index in [1.807, 2.05) is 74.0 Å². The topological polar surface area (TPSA) is 98.1 Å². The summed E-state index contributed by atoms with van der Waals surface area (Å²) < 4.78 is 7.25. The van der Waals surface area contributed by atoms with E-state index in [9.17, 15) is 9.59 Å². The predicted octanol–water partition coefficient (Wildman–Crippen LogP) is 3.96. The molecule has 0 unspecified atom stereocenters. The van der Waals surface area contributed by atoms with E-state index in [4.69, 9.17) is 4.74 Å². The van der Waals surface area contributed by atoms with E-state index in [-0.39, 0.29) is 17.1 Å². The highest BCUT2D eigenvalue weighted by atomic mass is 32.2. The smallest absolute Gasteiger partial charge is 0.237 e. The highest BCUT2D eigenvalue weighted by Gasteiger charge is 2.20. The normalized spacial score (nSPS) is 11.6. The summed E-state index contributed by atoms with van der Waals surface area (Å²) in [6, 6.07) is 14.6. The molecule has 3 aromatic rings. The van der Waals surface area contributed by atoms with Crippen LogP contribution < -0.4 is 15.4 Å². The monoisotopic (exact) mass is 439 g/mol. The summed E-state index contributed by atoms with van der Waals surface area (Å²) >= 11 is 1.32. The van der Waals surface area contributed by atoms with Gasteiger partial charge in [-0.15, -0.1) is 10.2 Å². The van der Waals surface area contributed by atoms with Gasteiger partial charge in [0.1, 0.15) is 5.75 Å². The third kappa shape index (κ3) is 5.85. The number of hydrogen-bond acceptors (Lipinski definition) is 6. The molecule has 0 saturated heterocycles. The average Bonchev–Trinajstić information content (AvgIpc) is 3.09. The summed E-state index contributed by atoms with van der Waals surface area (Å²) in [5.74, 6) is 1.14. The highest BCUT2D eigenvalue weighted by Crippen LogP contribution is 2.27. The number of hydrogen-bond donors (Lipinski definition) is 2. The van der Waals surface area contributed by atoms with Crippen LogP contribution in [0.25, 0.3) is 11.4 Å². The van der Waals surface area contributed by atoms with E-state index < -0.39 is 0 Å². The fourth-order valence-corrected chi connectivity index (χ4v) is 3.68. The first-order valence-electron chi connectivity index (χ1n) is 9.85. The Labute approximate surface area is 185 Å². The first kappa shape index (κ1) is 22.4. The minimum absolute atomic E-state index is 0.133. The third-order valence-corrected chi connectivity index (χ3v) is 5.49.